The highest BCUT2D eigenvalue weighted by Crippen LogP contribution is 2.42. The van der Waals surface area contributed by atoms with Gasteiger partial charge < -0.3 is 5.11 Å². The lowest BCUT2D eigenvalue weighted by Crippen LogP contribution is -2.19. The van der Waals surface area contributed by atoms with Crippen molar-refractivity contribution < 1.29 is 9.90 Å². The van der Waals surface area contributed by atoms with Crippen LogP contribution in [0.15, 0.2) is 30.3 Å². The number of carboxylic acid groups (broad SMARTS) is 1. The molecule has 3 unspecified atom stereocenters. The number of aliphatic carboxylic acids is 1. The normalized spacial score (nSPS) is 25.1. The van der Waals surface area contributed by atoms with Crippen molar-refractivity contribution in [2.75, 3.05) is 0 Å². The van der Waals surface area contributed by atoms with Gasteiger partial charge in [0.15, 0.2) is 5.82 Å². The second-order valence-electron chi connectivity index (χ2n) is 5.91. The Hall–Kier alpha value is -2.17. The minimum atomic E-state index is -0.728. The van der Waals surface area contributed by atoms with Crippen molar-refractivity contribution in [1.82, 2.24) is 14.8 Å². The van der Waals surface area contributed by atoms with E-state index in [4.69, 9.17) is 0 Å². The molecule has 5 heteroatoms. The fourth-order valence-electron chi connectivity index (χ4n) is 3.28. The average Bonchev–Trinajstić information content (AvgIpc) is 3.03. The van der Waals surface area contributed by atoms with Gasteiger partial charge in [-0.2, -0.15) is 5.10 Å². The van der Waals surface area contributed by atoms with Crippen LogP contribution in [0.25, 0.3) is 11.4 Å². The van der Waals surface area contributed by atoms with E-state index < -0.39 is 5.97 Å². The Kier molecular flexibility index (Phi) is 3.49. The van der Waals surface area contributed by atoms with E-state index in [1.807, 2.05) is 37.4 Å². The summed E-state index contributed by atoms with van der Waals surface area (Å²) in [4.78, 5) is 16.1. The summed E-state index contributed by atoms with van der Waals surface area (Å²) in [6, 6.07) is 9.77. The second kappa shape index (κ2) is 5.31. The summed E-state index contributed by atoms with van der Waals surface area (Å²) in [6.07, 6.45) is 1.57. The molecule has 0 amide bonds. The van der Waals surface area contributed by atoms with Gasteiger partial charge in [0.05, 0.1) is 5.92 Å². The molecule has 1 heterocycles. The Bertz CT molecular complexity index is 651. The standard InChI is InChI=1S/C16H19N3O2/c1-10-8-12(13(9-10)16(20)21)15-17-14(18-19(15)2)11-6-4-3-5-7-11/h3-7,10,12-13H,8-9H2,1-2H3,(H,20,21). The van der Waals surface area contributed by atoms with Crippen LogP contribution in [0.2, 0.25) is 0 Å². The van der Waals surface area contributed by atoms with Crippen LogP contribution in [0.5, 0.6) is 0 Å². The van der Waals surface area contributed by atoms with E-state index in [-0.39, 0.29) is 11.8 Å². The zero-order chi connectivity index (χ0) is 15.0. The Morgan fingerprint density at radius 3 is 2.67 bits per heavy atom. The summed E-state index contributed by atoms with van der Waals surface area (Å²) < 4.78 is 1.74. The molecule has 2 aromatic rings. The molecule has 1 aliphatic carbocycles. The SMILES string of the molecule is CC1CC(C(=O)O)C(c2nc(-c3ccccc3)nn2C)C1. The van der Waals surface area contributed by atoms with Gasteiger partial charge in [-0.25, -0.2) is 4.98 Å². The molecule has 3 rings (SSSR count). The molecular formula is C16H19N3O2. The van der Waals surface area contributed by atoms with Crippen molar-refractivity contribution in [3.8, 4) is 11.4 Å². The van der Waals surface area contributed by atoms with Gasteiger partial charge in [-0.3, -0.25) is 9.48 Å². The third-order valence-corrected chi connectivity index (χ3v) is 4.28. The molecule has 1 aromatic carbocycles. The number of carbonyl (C=O) groups is 1. The van der Waals surface area contributed by atoms with Gasteiger partial charge in [0.1, 0.15) is 5.82 Å². The summed E-state index contributed by atoms with van der Waals surface area (Å²) in [5, 5.41) is 13.9. The molecule has 3 atom stereocenters. The summed E-state index contributed by atoms with van der Waals surface area (Å²) >= 11 is 0. The molecule has 0 spiro atoms. The molecule has 110 valence electrons. The van der Waals surface area contributed by atoms with Crippen molar-refractivity contribution in [1.29, 1.82) is 0 Å². The molecule has 1 fully saturated rings. The topological polar surface area (TPSA) is 68.0 Å². The number of carboxylic acids is 1. The van der Waals surface area contributed by atoms with Crippen molar-refractivity contribution in [3.05, 3.63) is 36.2 Å². The van der Waals surface area contributed by atoms with E-state index in [1.54, 1.807) is 4.68 Å². The van der Waals surface area contributed by atoms with Crippen LogP contribution in [-0.4, -0.2) is 25.8 Å². The first-order valence-corrected chi connectivity index (χ1v) is 7.25. The highest BCUT2D eigenvalue weighted by atomic mass is 16.4. The number of rotatable bonds is 3. The van der Waals surface area contributed by atoms with Gasteiger partial charge in [-0.15, -0.1) is 0 Å². The van der Waals surface area contributed by atoms with Crippen LogP contribution in [0, 0.1) is 11.8 Å². The third kappa shape index (κ3) is 2.55. The number of aryl methyl sites for hydroxylation is 1. The van der Waals surface area contributed by atoms with Crippen LogP contribution >= 0.6 is 0 Å². The van der Waals surface area contributed by atoms with E-state index in [0.717, 1.165) is 17.8 Å². The molecular weight excluding hydrogens is 266 g/mol. The Balaban J connectivity index is 1.96. The van der Waals surface area contributed by atoms with Crippen LogP contribution < -0.4 is 0 Å². The maximum Gasteiger partial charge on any atom is 0.307 e. The summed E-state index contributed by atoms with van der Waals surface area (Å²) in [5.74, 6) is 0.725. The monoisotopic (exact) mass is 285 g/mol. The Morgan fingerprint density at radius 1 is 1.29 bits per heavy atom. The van der Waals surface area contributed by atoms with E-state index in [2.05, 4.69) is 17.0 Å². The fourth-order valence-corrected chi connectivity index (χ4v) is 3.28. The van der Waals surface area contributed by atoms with Gasteiger partial charge in [0.2, 0.25) is 0 Å². The number of aromatic nitrogens is 3. The van der Waals surface area contributed by atoms with Gasteiger partial charge in [0.25, 0.3) is 0 Å². The Labute approximate surface area is 123 Å². The zero-order valence-electron chi connectivity index (χ0n) is 12.2. The quantitative estimate of drug-likeness (QED) is 0.941. The predicted octanol–water partition coefficient (Wildman–Crippen LogP) is 2.70. The highest BCUT2D eigenvalue weighted by Gasteiger charge is 2.40. The minimum Gasteiger partial charge on any atom is -0.481 e. The van der Waals surface area contributed by atoms with Crippen molar-refractivity contribution in [3.63, 3.8) is 0 Å². The van der Waals surface area contributed by atoms with Gasteiger partial charge in [-0.05, 0) is 18.8 Å². The first kappa shape index (κ1) is 13.8. The maximum atomic E-state index is 11.5. The fraction of sp³-hybridized carbons (Fsp3) is 0.438. The largest absolute Gasteiger partial charge is 0.481 e. The van der Waals surface area contributed by atoms with E-state index >= 15 is 0 Å². The average molecular weight is 285 g/mol. The molecule has 0 saturated heterocycles. The van der Waals surface area contributed by atoms with Gasteiger partial charge >= 0.3 is 5.97 Å². The maximum absolute atomic E-state index is 11.5. The molecule has 0 radical (unpaired) electrons. The molecule has 0 bridgehead atoms. The zero-order valence-corrected chi connectivity index (χ0v) is 12.2. The summed E-state index contributed by atoms with van der Waals surface area (Å²) in [5.41, 5.74) is 0.956. The minimum absolute atomic E-state index is 0.0486. The number of hydrogen-bond acceptors (Lipinski definition) is 3. The molecule has 21 heavy (non-hydrogen) atoms. The molecule has 0 aliphatic heterocycles. The molecule has 1 N–H and O–H groups in total. The lowest BCUT2D eigenvalue weighted by Gasteiger charge is -2.13. The number of hydrogen-bond donors (Lipinski definition) is 1. The van der Waals surface area contributed by atoms with Crippen LogP contribution in [0.4, 0.5) is 0 Å². The lowest BCUT2D eigenvalue weighted by molar-refractivity contribution is -0.142. The predicted molar refractivity (Wildman–Crippen MR) is 78.7 cm³/mol. The van der Waals surface area contributed by atoms with Crippen molar-refractivity contribution in [2.24, 2.45) is 18.9 Å². The summed E-state index contributed by atoms with van der Waals surface area (Å²) in [7, 11) is 1.84. The van der Waals surface area contributed by atoms with E-state index in [9.17, 15) is 9.90 Å². The summed E-state index contributed by atoms with van der Waals surface area (Å²) in [6.45, 7) is 2.10. The van der Waals surface area contributed by atoms with E-state index in [0.29, 0.717) is 18.2 Å². The third-order valence-electron chi connectivity index (χ3n) is 4.28. The molecule has 1 aliphatic rings. The Morgan fingerprint density at radius 2 is 2.00 bits per heavy atom. The van der Waals surface area contributed by atoms with Crippen LogP contribution in [0.3, 0.4) is 0 Å². The van der Waals surface area contributed by atoms with Crippen LogP contribution in [0.1, 0.15) is 31.5 Å². The first-order chi connectivity index (χ1) is 10.1. The van der Waals surface area contributed by atoms with Crippen LogP contribution in [-0.2, 0) is 11.8 Å². The van der Waals surface area contributed by atoms with Gasteiger partial charge in [0, 0.05) is 18.5 Å². The molecule has 1 saturated carbocycles. The lowest BCUT2D eigenvalue weighted by atomic mass is 9.95. The molecule has 5 nitrogen and oxygen atoms in total. The smallest absolute Gasteiger partial charge is 0.307 e. The van der Waals surface area contributed by atoms with Crippen molar-refractivity contribution >= 4 is 5.97 Å². The van der Waals surface area contributed by atoms with Gasteiger partial charge in [-0.1, -0.05) is 37.3 Å². The second-order valence-corrected chi connectivity index (χ2v) is 5.91. The van der Waals surface area contributed by atoms with Crippen molar-refractivity contribution in [2.45, 2.75) is 25.7 Å². The first-order valence-electron chi connectivity index (χ1n) is 7.25. The molecule has 1 aromatic heterocycles. The number of nitrogens with zero attached hydrogens (tertiary/aromatic N) is 3. The number of benzene rings is 1. The highest BCUT2D eigenvalue weighted by molar-refractivity contribution is 5.71. The van der Waals surface area contributed by atoms with E-state index in [1.165, 1.54) is 0 Å².